The Kier molecular flexibility index (Phi) is 6.00. The molecule has 0 amide bonds. The van der Waals surface area contributed by atoms with Crippen LogP contribution in [0.5, 0.6) is 5.75 Å². The lowest BCUT2D eigenvalue weighted by molar-refractivity contribution is 0.413. The standard InChI is InChI=1S/C26H21FN8O3S/c1-38-18-8-16(11-28-12-18)21-9-19-22(13-30-21)34-35-24(19)26-32-20-3-4-29-23(25(20)33-26)15-5-14(6-17(27)7-15)10-31-39(2,36)37/h3-9,11-13,31H,10H2,1-2H3,(H,32,33)(H,34,35). The van der Waals surface area contributed by atoms with Crippen molar-refractivity contribution in [3.8, 4) is 39.8 Å². The van der Waals surface area contributed by atoms with Crippen LogP contribution in [-0.4, -0.2) is 56.9 Å². The summed E-state index contributed by atoms with van der Waals surface area (Å²) in [6, 6.07) is 9.80. The average Bonchev–Trinajstić information content (AvgIpc) is 3.55. The SMILES string of the molecule is COc1cncc(-c2cc3c(-c4nc5c(-c6cc(F)cc(CNS(C)(=O)=O)c6)nccc5[nH]4)n[nH]c3cn2)c1. The van der Waals surface area contributed by atoms with Gasteiger partial charge in [-0.15, -0.1) is 0 Å². The van der Waals surface area contributed by atoms with Crippen LogP contribution in [0.4, 0.5) is 4.39 Å². The van der Waals surface area contributed by atoms with Gasteiger partial charge in [0.05, 0.1) is 48.2 Å². The molecule has 39 heavy (non-hydrogen) atoms. The Morgan fingerprint density at radius 2 is 1.87 bits per heavy atom. The number of sulfonamides is 1. The molecular weight excluding hydrogens is 523 g/mol. The van der Waals surface area contributed by atoms with E-state index in [0.29, 0.717) is 50.8 Å². The van der Waals surface area contributed by atoms with Crippen LogP contribution in [0.25, 0.3) is 56.0 Å². The molecule has 0 bridgehead atoms. The molecule has 1 aromatic carbocycles. The van der Waals surface area contributed by atoms with Gasteiger partial charge in [-0.3, -0.25) is 20.1 Å². The lowest BCUT2D eigenvalue weighted by Crippen LogP contribution is -2.21. The topological polar surface area (TPSA) is 151 Å². The summed E-state index contributed by atoms with van der Waals surface area (Å²) in [7, 11) is -1.86. The Labute approximate surface area is 221 Å². The lowest BCUT2D eigenvalue weighted by Gasteiger charge is -2.07. The van der Waals surface area contributed by atoms with E-state index >= 15 is 0 Å². The Balaban J connectivity index is 1.42. The first-order valence-corrected chi connectivity index (χ1v) is 13.6. The number of halogens is 1. The summed E-state index contributed by atoms with van der Waals surface area (Å²) in [6.45, 7) is -0.0518. The zero-order chi connectivity index (χ0) is 27.1. The molecule has 6 aromatic rings. The largest absolute Gasteiger partial charge is 0.495 e. The zero-order valence-electron chi connectivity index (χ0n) is 20.7. The maximum absolute atomic E-state index is 14.5. The molecule has 0 saturated carbocycles. The van der Waals surface area contributed by atoms with Crippen LogP contribution in [0.2, 0.25) is 0 Å². The van der Waals surface area contributed by atoms with Gasteiger partial charge in [0.2, 0.25) is 10.0 Å². The number of aromatic nitrogens is 7. The number of benzene rings is 1. The number of pyridine rings is 3. The van der Waals surface area contributed by atoms with Crippen LogP contribution in [0.15, 0.2) is 61.2 Å². The molecule has 13 heteroatoms. The molecule has 0 atom stereocenters. The number of imidazole rings is 1. The minimum absolute atomic E-state index is 0.0518. The number of H-pyrrole nitrogens is 2. The molecule has 0 aliphatic carbocycles. The van der Waals surface area contributed by atoms with Crippen LogP contribution in [-0.2, 0) is 16.6 Å². The van der Waals surface area contributed by atoms with E-state index in [-0.39, 0.29) is 6.54 Å². The van der Waals surface area contributed by atoms with Gasteiger partial charge in [0.15, 0.2) is 5.82 Å². The Morgan fingerprint density at radius 1 is 1.00 bits per heavy atom. The predicted octanol–water partition coefficient (Wildman–Crippen LogP) is 3.82. The van der Waals surface area contributed by atoms with Crippen molar-refractivity contribution in [3.05, 3.63) is 72.6 Å². The minimum Gasteiger partial charge on any atom is -0.495 e. The highest BCUT2D eigenvalue weighted by Crippen LogP contribution is 2.32. The minimum atomic E-state index is -3.44. The number of nitrogens with zero attached hydrogens (tertiary/aromatic N) is 5. The summed E-state index contributed by atoms with van der Waals surface area (Å²) in [5.41, 5.74) is 5.32. The molecule has 0 fully saturated rings. The number of nitrogens with one attached hydrogen (secondary N) is 3. The van der Waals surface area contributed by atoms with Crippen molar-refractivity contribution in [2.24, 2.45) is 0 Å². The van der Waals surface area contributed by atoms with Crippen molar-refractivity contribution in [1.82, 2.24) is 39.8 Å². The molecule has 6 rings (SSSR count). The number of hydrogen-bond donors (Lipinski definition) is 3. The number of hydrogen-bond acceptors (Lipinski definition) is 8. The molecule has 5 heterocycles. The van der Waals surface area contributed by atoms with Crippen LogP contribution in [0, 0.1) is 5.82 Å². The molecule has 0 spiro atoms. The van der Waals surface area contributed by atoms with E-state index in [1.807, 2.05) is 12.1 Å². The Bertz CT molecular complexity index is 1970. The second kappa shape index (κ2) is 9.53. The smallest absolute Gasteiger partial charge is 0.209 e. The summed E-state index contributed by atoms with van der Waals surface area (Å²) in [5.74, 6) is 0.589. The Hall–Kier alpha value is -4.75. The highest BCUT2D eigenvalue weighted by Gasteiger charge is 2.18. The normalized spacial score (nSPS) is 11.9. The van der Waals surface area contributed by atoms with E-state index in [1.165, 1.54) is 12.1 Å². The van der Waals surface area contributed by atoms with E-state index in [1.54, 1.807) is 44.0 Å². The van der Waals surface area contributed by atoms with E-state index in [0.717, 1.165) is 22.7 Å². The second-order valence-electron chi connectivity index (χ2n) is 8.88. The Morgan fingerprint density at radius 3 is 2.69 bits per heavy atom. The summed E-state index contributed by atoms with van der Waals surface area (Å²) < 4.78 is 45.2. The molecular formula is C26H21FN8O3S. The quantitative estimate of drug-likeness (QED) is 0.274. The van der Waals surface area contributed by atoms with Gasteiger partial charge in [-0.25, -0.2) is 22.5 Å². The van der Waals surface area contributed by atoms with Gasteiger partial charge in [0.1, 0.15) is 22.8 Å². The van der Waals surface area contributed by atoms with Gasteiger partial charge in [0.25, 0.3) is 0 Å². The van der Waals surface area contributed by atoms with E-state index in [2.05, 4.69) is 34.9 Å². The van der Waals surface area contributed by atoms with Crippen LogP contribution >= 0.6 is 0 Å². The maximum Gasteiger partial charge on any atom is 0.209 e. The van der Waals surface area contributed by atoms with Gasteiger partial charge in [-0.1, -0.05) is 0 Å². The molecule has 11 nitrogen and oxygen atoms in total. The van der Waals surface area contributed by atoms with Gasteiger partial charge in [-0.05, 0) is 42.0 Å². The fourth-order valence-electron chi connectivity index (χ4n) is 4.29. The number of methoxy groups -OCH3 is 1. The fourth-order valence-corrected chi connectivity index (χ4v) is 4.72. The fraction of sp³-hybridized carbons (Fsp3) is 0.115. The summed E-state index contributed by atoms with van der Waals surface area (Å²) in [5, 5.41) is 8.24. The molecule has 0 aliphatic rings. The van der Waals surface area contributed by atoms with Gasteiger partial charge in [0, 0.05) is 35.5 Å². The zero-order valence-corrected chi connectivity index (χ0v) is 21.5. The maximum atomic E-state index is 14.5. The van der Waals surface area contributed by atoms with Crippen molar-refractivity contribution < 1.29 is 17.5 Å². The molecule has 196 valence electrons. The number of fused-ring (bicyclic) bond motifs is 2. The number of ether oxygens (including phenoxy) is 1. The molecule has 0 radical (unpaired) electrons. The number of aromatic amines is 2. The first kappa shape index (κ1) is 24.6. The predicted molar refractivity (Wildman–Crippen MR) is 144 cm³/mol. The average molecular weight is 545 g/mol. The first-order valence-electron chi connectivity index (χ1n) is 11.7. The second-order valence-corrected chi connectivity index (χ2v) is 10.7. The highest BCUT2D eigenvalue weighted by atomic mass is 32.2. The van der Waals surface area contributed by atoms with Crippen molar-refractivity contribution in [3.63, 3.8) is 0 Å². The van der Waals surface area contributed by atoms with Crippen molar-refractivity contribution in [2.45, 2.75) is 6.54 Å². The molecule has 3 N–H and O–H groups in total. The third kappa shape index (κ3) is 4.92. The molecule has 0 aliphatic heterocycles. The summed E-state index contributed by atoms with van der Waals surface area (Å²) in [4.78, 5) is 21.2. The van der Waals surface area contributed by atoms with Crippen LogP contribution in [0.1, 0.15) is 5.56 Å². The van der Waals surface area contributed by atoms with Gasteiger partial charge in [-0.2, -0.15) is 5.10 Å². The van der Waals surface area contributed by atoms with E-state index in [4.69, 9.17) is 9.72 Å². The van der Waals surface area contributed by atoms with Crippen molar-refractivity contribution >= 4 is 32.0 Å². The van der Waals surface area contributed by atoms with Gasteiger partial charge < -0.3 is 9.72 Å². The van der Waals surface area contributed by atoms with Crippen LogP contribution < -0.4 is 9.46 Å². The third-order valence-electron chi connectivity index (χ3n) is 6.09. The van der Waals surface area contributed by atoms with E-state index in [9.17, 15) is 12.8 Å². The molecule has 0 unspecified atom stereocenters. The third-order valence-corrected chi connectivity index (χ3v) is 6.76. The van der Waals surface area contributed by atoms with Crippen LogP contribution in [0.3, 0.4) is 0 Å². The summed E-state index contributed by atoms with van der Waals surface area (Å²) in [6.07, 6.45) is 7.66. The number of rotatable bonds is 7. The van der Waals surface area contributed by atoms with Crippen molar-refractivity contribution in [1.29, 1.82) is 0 Å². The molecule has 5 aromatic heterocycles. The first-order chi connectivity index (χ1) is 18.8. The lowest BCUT2D eigenvalue weighted by atomic mass is 10.1. The highest BCUT2D eigenvalue weighted by molar-refractivity contribution is 7.88. The monoisotopic (exact) mass is 544 g/mol. The summed E-state index contributed by atoms with van der Waals surface area (Å²) >= 11 is 0. The molecule has 0 saturated heterocycles. The van der Waals surface area contributed by atoms with Gasteiger partial charge >= 0.3 is 0 Å². The van der Waals surface area contributed by atoms with Crippen molar-refractivity contribution in [2.75, 3.05) is 13.4 Å². The van der Waals surface area contributed by atoms with E-state index < -0.39 is 15.8 Å².